The zero-order valence-corrected chi connectivity index (χ0v) is 17.3. The standard InChI is InChI=1S/C18H16.C10H7N3/c1-3-7-15-13(5-1)9-11-18-16-8-4-2-6-14(16)10-12-17(15)18;1-2-8-10(13-6-5-11-8)9-7(1)3-4-12-9/h1,3,5,7,9-12H,2,4,6,8H2;1-6,11H. The predicted octanol–water partition coefficient (Wildman–Crippen LogP) is 6.98. The average Bonchev–Trinajstić information content (AvgIpc) is 3.34. The van der Waals surface area contributed by atoms with Crippen molar-refractivity contribution in [2.24, 2.45) is 0 Å². The quantitative estimate of drug-likeness (QED) is 0.279. The van der Waals surface area contributed by atoms with Crippen molar-refractivity contribution in [3.63, 3.8) is 0 Å². The van der Waals surface area contributed by atoms with Gasteiger partial charge in [0.1, 0.15) is 5.52 Å². The van der Waals surface area contributed by atoms with Crippen molar-refractivity contribution in [1.82, 2.24) is 15.0 Å². The van der Waals surface area contributed by atoms with Gasteiger partial charge in [0.2, 0.25) is 0 Å². The second-order valence-electron chi connectivity index (χ2n) is 8.23. The summed E-state index contributed by atoms with van der Waals surface area (Å²) in [6.07, 6.45) is 10.6. The third-order valence-corrected chi connectivity index (χ3v) is 6.41. The molecule has 1 aliphatic rings. The molecular formula is C28H23N3. The number of hydrogen-bond donors (Lipinski definition) is 1. The lowest BCUT2D eigenvalue weighted by Crippen LogP contribution is -2.02. The summed E-state index contributed by atoms with van der Waals surface area (Å²) < 4.78 is 0. The second kappa shape index (κ2) is 7.51. The first-order chi connectivity index (χ1) is 15.4. The van der Waals surface area contributed by atoms with E-state index in [9.17, 15) is 0 Å². The van der Waals surface area contributed by atoms with Crippen LogP contribution in [-0.2, 0) is 12.8 Å². The molecule has 1 aliphatic carbocycles. The summed E-state index contributed by atoms with van der Waals surface area (Å²) >= 11 is 0. The molecule has 150 valence electrons. The fourth-order valence-corrected chi connectivity index (χ4v) is 4.89. The Kier molecular flexibility index (Phi) is 4.38. The van der Waals surface area contributed by atoms with E-state index >= 15 is 0 Å². The Hall–Kier alpha value is -3.72. The number of rotatable bonds is 0. The lowest BCUT2D eigenvalue weighted by Gasteiger charge is -2.18. The number of nitrogens with zero attached hydrogens (tertiary/aromatic N) is 2. The van der Waals surface area contributed by atoms with Crippen LogP contribution in [0.25, 0.3) is 43.5 Å². The summed E-state index contributed by atoms with van der Waals surface area (Å²) in [4.78, 5) is 11.7. The van der Waals surface area contributed by atoms with Gasteiger partial charge in [-0.15, -0.1) is 0 Å². The van der Waals surface area contributed by atoms with Crippen LogP contribution in [-0.4, -0.2) is 15.0 Å². The van der Waals surface area contributed by atoms with E-state index in [0.29, 0.717) is 0 Å². The van der Waals surface area contributed by atoms with Crippen molar-refractivity contribution < 1.29 is 0 Å². The van der Waals surface area contributed by atoms with Crippen LogP contribution in [0.5, 0.6) is 0 Å². The molecule has 6 aromatic rings. The molecule has 0 unspecified atom stereocenters. The summed E-state index contributed by atoms with van der Waals surface area (Å²) in [6.45, 7) is 0. The number of fused-ring (bicyclic) bond motifs is 8. The molecule has 0 fully saturated rings. The lowest BCUT2D eigenvalue weighted by atomic mass is 9.86. The summed E-state index contributed by atoms with van der Waals surface area (Å²) in [5.41, 5.74) is 6.10. The molecule has 0 saturated carbocycles. The van der Waals surface area contributed by atoms with Crippen LogP contribution in [0.3, 0.4) is 0 Å². The highest BCUT2D eigenvalue weighted by atomic mass is 14.8. The Morgan fingerprint density at radius 1 is 0.613 bits per heavy atom. The van der Waals surface area contributed by atoms with Gasteiger partial charge in [-0.2, -0.15) is 0 Å². The number of hydrogen-bond acceptors (Lipinski definition) is 2. The Morgan fingerprint density at radius 2 is 1.45 bits per heavy atom. The molecule has 0 radical (unpaired) electrons. The Bertz CT molecular complexity index is 1540. The molecule has 0 bridgehead atoms. The number of benzene rings is 4. The van der Waals surface area contributed by atoms with Crippen molar-refractivity contribution in [2.75, 3.05) is 0 Å². The van der Waals surface area contributed by atoms with E-state index in [0.717, 1.165) is 21.9 Å². The van der Waals surface area contributed by atoms with Gasteiger partial charge in [-0.1, -0.05) is 54.6 Å². The molecule has 0 atom stereocenters. The highest BCUT2D eigenvalue weighted by Crippen LogP contribution is 2.33. The maximum atomic E-state index is 4.29. The normalized spacial score (nSPS) is 13.3. The van der Waals surface area contributed by atoms with Gasteiger partial charge in [-0.05, 0) is 70.5 Å². The minimum absolute atomic E-state index is 0.935. The minimum atomic E-state index is 0.935. The third kappa shape index (κ3) is 3.14. The summed E-state index contributed by atoms with van der Waals surface area (Å²) in [5.74, 6) is 0. The van der Waals surface area contributed by atoms with Gasteiger partial charge >= 0.3 is 0 Å². The van der Waals surface area contributed by atoms with Crippen LogP contribution in [0, 0.1) is 0 Å². The molecule has 7 rings (SSSR count). The van der Waals surface area contributed by atoms with Gasteiger partial charge in [0.05, 0.1) is 11.0 Å². The van der Waals surface area contributed by atoms with Gasteiger partial charge < -0.3 is 4.98 Å². The molecule has 0 spiro atoms. The van der Waals surface area contributed by atoms with Crippen molar-refractivity contribution in [3.05, 3.63) is 96.4 Å². The molecular weight excluding hydrogens is 378 g/mol. The Labute approximate surface area is 180 Å². The van der Waals surface area contributed by atoms with E-state index in [4.69, 9.17) is 0 Å². The molecule has 3 heteroatoms. The number of aromatic amines is 1. The molecule has 31 heavy (non-hydrogen) atoms. The molecule has 0 amide bonds. The summed E-state index contributed by atoms with van der Waals surface area (Å²) in [7, 11) is 0. The predicted molar refractivity (Wildman–Crippen MR) is 129 cm³/mol. The maximum Gasteiger partial charge on any atom is 0.113 e. The van der Waals surface area contributed by atoms with Crippen molar-refractivity contribution >= 4 is 43.5 Å². The molecule has 4 aromatic carbocycles. The first kappa shape index (κ1) is 18.1. The van der Waals surface area contributed by atoms with Gasteiger partial charge in [-0.25, -0.2) is 0 Å². The van der Waals surface area contributed by atoms with E-state index in [1.54, 1.807) is 23.5 Å². The molecule has 0 saturated heterocycles. The van der Waals surface area contributed by atoms with Crippen LogP contribution < -0.4 is 0 Å². The zero-order chi connectivity index (χ0) is 20.6. The summed E-state index contributed by atoms with van der Waals surface area (Å²) in [5, 5.41) is 6.78. The largest absolute Gasteiger partial charge is 0.358 e. The van der Waals surface area contributed by atoms with E-state index in [1.807, 2.05) is 24.4 Å². The van der Waals surface area contributed by atoms with E-state index in [-0.39, 0.29) is 0 Å². The van der Waals surface area contributed by atoms with Gasteiger partial charge in [0.25, 0.3) is 0 Å². The van der Waals surface area contributed by atoms with Crippen LogP contribution in [0.1, 0.15) is 24.0 Å². The number of aromatic nitrogens is 3. The van der Waals surface area contributed by atoms with Gasteiger partial charge in [-0.3, -0.25) is 9.97 Å². The van der Waals surface area contributed by atoms with E-state index < -0.39 is 0 Å². The monoisotopic (exact) mass is 401 g/mol. The minimum Gasteiger partial charge on any atom is -0.358 e. The SMILES string of the molecule is c1cc2ccc3[nH]ccnc3c2n1.c1ccc2c(c1)ccc1c3c(ccc12)CCCC3. The number of nitrogens with one attached hydrogen (secondary N) is 1. The maximum absolute atomic E-state index is 4.29. The summed E-state index contributed by atoms with van der Waals surface area (Å²) in [6, 6.07) is 24.0. The first-order valence-electron chi connectivity index (χ1n) is 11.0. The number of H-pyrrole nitrogens is 1. The topological polar surface area (TPSA) is 41.6 Å². The fraction of sp³-hybridized carbons (Fsp3) is 0.143. The van der Waals surface area contributed by atoms with Crippen LogP contribution in [0.2, 0.25) is 0 Å². The van der Waals surface area contributed by atoms with Crippen LogP contribution in [0.15, 0.2) is 85.3 Å². The van der Waals surface area contributed by atoms with Crippen molar-refractivity contribution in [3.8, 4) is 0 Å². The molecule has 2 heterocycles. The van der Waals surface area contributed by atoms with Crippen molar-refractivity contribution in [2.45, 2.75) is 25.7 Å². The Morgan fingerprint density at radius 3 is 2.45 bits per heavy atom. The molecule has 1 N–H and O–H groups in total. The zero-order valence-electron chi connectivity index (χ0n) is 17.3. The van der Waals surface area contributed by atoms with Crippen LogP contribution >= 0.6 is 0 Å². The molecule has 0 aliphatic heterocycles. The first-order valence-corrected chi connectivity index (χ1v) is 11.0. The molecule has 3 nitrogen and oxygen atoms in total. The lowest BCUT2D eigenvalue weighted by molar-refractivity contribution is 0.690. The average molecular weight is 402 g/mol. The smallest absolute Gasteiger partial charge is 0.113 e. The van der Waals surface area contributed by atoms with E-state index in [2.05, 4.69) is 63.5 Å². The van der Waals surface area contributed by atoms with E-state index in [1.165, 1.54) is 47.2 Å². The van der Waals surface area contributed by atoms with Gasteiger partial charge in [0, 0.05) is 24.0 Å². The second-order valence-corrected chi connectivity index (χ2v) is 8.23. The molecule has 2 aromatic heterocycles. The highest BCUT2D eigenvalue weighted by molar-refractivity contribution is 6.08. The fourth-order valence-electron chi connectivity index (χ4n) is 4.89. The third-order valence-electron chi connectivity index (χ3n) is 6.41. The number of aryl methyl sites for hydroxylation is 2. The van der Waals surface area contributed by atoms with Crippen LogP contribution in [0.4, 0.5) is 0 Å². The van der Waals surface area contributed by atoms with Crippen molar-refractivity contribution in [1.29, 1.82) is 0 Å². The highest BCUT2D eigenvalue weighted by Gasteiger charge is 2.13. The van der Waals surface area contributed by atoms with Gasteiger partial charge in [0.15, 0.2) is 0 Å². The Balaban J connectivity index is 0.000000126.